The quantitative estimate of drug-likeness (QED) is 0.0729. The molecule has 2 aromatic heterocycles. The SMILES string of the molecule is C=N/N=C\N(N)c1ccc(Cl)c(F)c1/C=C/C(=O)N[C@@H](Cc1ccn(CC)n1)C(=O)Nc1ccc(C(=O)OC)cn1. The molecule has 3 rings (SSSR count). The Labute approximate surface area is 239 Å². The summed E-state index contributed by atoms with van der Waals surface area (Å²) in [7, 11) is 1.24. The number of anilines is 2. The van der Waals surface area contributed by atoms with Crippen molar-refractivity contribution in [1.82, 2.24) is 20.1 Å². The van der Waals surface area contributed by atoms with Gasteiger partial charge in [-0.3, -0.25) is 19.3 Å². The molecule has 0 saturated heterocycles. The number of pyridine rings is 1. The van der Waals surface area contributed by atoms with E-state index in [1.807, 2.05) is 6.92 Å². The minimum atomic E-state index is -1.10. The molecule has 1 atom stereocenters. The lowest BCUT2D eigenvalue weighted by Gasteiger charge is -2.17. The summed E-state index contributed by atoms with van der Waals surface area (Å²) in [5, 5.41) is 17.2. The smallest absolute Gasteiger partial charge is 0.339 e. The Hall–Kier alpha value is -4.95. The van der Waals surface area contributed by atoms with Gasteiger partial charge in [0.15, 0.2) is 5.82 Å². The maximum atomic E-state index is 14.9. The highest BCUT2D eigenvalue weighted by Gasteiger charge is 2.23. The van der Waals surface area contributed by atoms with Crippen LogP contribution in [0, 0.1) is 5.82 Å². The molecule has 0 bridgehead atoms. The average Bonchev–Trinajstić information content (AvgIpc) is 3.43. The lowest BCUT2D eigenvalue weighted by molar-refractivity contribution is -0.123. The Bertz CT molecular complexity index is 1470. The van der Waals surface area contributed by atoms with Gasteiger partial charge in [0.2, 0.25) is 11.8 Å². The van der Waals surface area contributed by atoms with Crippen molar-refractivity contribution in [2.75, 3.05) is 17.4 Å². The minimum absolute atomic E-state index is 0.0387. The van der Waals surface area contributed by atoms with E-state index < -0.39 is 29.6 Å². The third kappa shape index (κ3) is 8.27. The van der Waals surface area contributed by atoms with E-state index in [4.69, 9.17) is 17.4 Å². The lowest BCUT2D eigenvalue weighted by Crippen LogP contribution is -2.45. The van der Waals surface area contributed by atoms with Crippen LogP contribution >= 0.6 is 11.6 Å². The van der Waals surface area contributed by atoms with Gasteiger partial charge in [-0.15, -0.1) is 5.10 Å². The number of carbonyl (C=O) groups excluding carboxylic acids is 3. The van der Waals surface area contributed by atoms with Crippen LogP contribution in [-0.4, -0.2) is 58.8 Å². The predicted molar refractivity (Wildman–Crippen MR) is 153 cm³/mol. The largest absolute Gasteiger partial charge is 0.465 e. The fraction of sp³-hybridized carbons (Fsp3) is 0.192. The van der Waals surface area contributed by atoms with Crippen LogP contribution in [0.2, 0.25) is 5.02 Å². The number of amides is 2. The Kier molecular flexibility index (Phi) is 10.8. The van der Waals surface area contributed by atoms with Crippen molar-refractivity contribution in [3.8, 4) is 0 Å². The van der Waals surface area contributed by atoms with Gasteiger partial charge in [-0.1, -0.05) is 11.6 Å². The average molecular weight is 584 g/mol. The number of nitrogens with one attached hydrogen (secondary N) is 2. The molecule has 0 radical (unpaired) electrons. The Morgan fingerprint density at radius 3 is 2.71 bits per heavy atom. The fourth-order valence-electron chi connectivity index (χ4n) is 3.50. The van der Waals surface area contributed by atoms with Crippen molar-refractivity contribution in [1.29, 1.82) is 0 Å². The molecule has 13 nitrogen and oxygen atoms in total. The molecule has 3 aromatic rings. The van der Waals surface area contributed by atoms with Crippen molar-refractivity contribution < 1.29 is 23.5 Å². The number of hydrazine groups is 1. The Morgan fingerprint density at radius 2 is 2.07 bits per heavy atom. The predicted octanol–water partition coefficient (Wildman–Crippen LogP) is 2.58. The highest BCUT2D eigenvalue weighted by Crippen LogP contribution is 2.28. The van der Waals surface area contributed by atoms with Crippen molar-refractivity contribution in [2.24, 2.45) is 16.0 Å². The normalized spacial score (nSPS) is 11.8. The number of aryl methyl sites for hydroxylation is 1. The highest BCUT2D eigenvalue weighted by molar-refractivity contribution is 6.31. The number of esters is 1. The second-order valence-electron chi connectivity index (χ2n) is 8.25. The molecule has 2 amide bonds. The third-order valence-corrected chi connectivity index (χ3v) is 5.84. The molecule has 0 unspecified atom stereocenters. The lowest BCUT2D eigenvalue weighted by atomic mass is 10.1. The van der Waals surface area contributed by atoms with Gasteiger partial charge in [0.05, 0.1) is 29.1 Å². The molecule has 2 heterocycles. The first-order valence-corrected chi connectivity index (χ1v) is 12.4. The number of nitrogens with zero attached hydrogens (tertiary/aromatic N) is 6. The van der Waals surface area contributed by atoms with Crippen LogP contribution in [0.1, 0.15) is 28.5 Å². The van der Waals surface area contributed by atoms with Crippen molar-refractivity contribution in [3.63, 3.8) is 0 Å². The number of nitrogens with two attached hydrogens (primary N) is 1. The number of rotatable bonds is 12. The van der Waals surface area contributed by atoms with E-state index in [2.05, 4.69) is 42.4 Å². The highest BCUT2D eigenvalue weighted by atomic mass is 35.5. The maximum Gasteiger partial charge on any atom is 0.339 e. The molecular weight excluding hydrogens is 557 g/mol. The number of benzene rings is 1. The second kappa shape index (κ2) is 14.4. The summed E-state index contributed by atoms with van der Waals surface area (Å²) in [5.41, 5.74) is 0.760. The summed E-state index contributed by atoms with van der Waals surface area (Å²) in [6.45, 7) is 5.72. The van der Waals surface area contributed by atoms with Crippen molar-refractivity contribution in [3.05, 3.63) is 76.5 Å². The van der Waals surface area contributed by atoms with Gasteiger partial charge >= 0.3 is 5.97 Å². The van der Waals surface area contributed by atoms with Crippen LogP contribution < -0.4 is 21.5 Å². The van der Waals surface area contributed by atoms with E-state index in [0.29, 0.717) is 12.2 Å². The van der Waals surface area contributed by atoms with E-state index in [1.165, 1.54) is 37.6 Å². The number of carbonyl (C=O) groups is 3. The first kappa shape index (κ1) is 30.6. The van der Waals surface area contributed by atoms with E-state index in [9.17, 15) is 18.8 Å². The first-order valence-electron chi connectivity index (χ1n) is 12.0. The monoisotopic (exact) mass is 583 g/mol. The van der Waals surface area contributed by atoms with Crippen LogP contribution in [0.25, 0.3) is 6.08 Å². The van der Waals surface area contributed by atoms with Crippen LogP contribution in [-0.2, 0) is 27.3 Å². The Balaban J connectivity index is 1.83. The number of halogens is 2. The van der Waals surface area contributed by atoms with Crippen LogP contribution in [0.15, 0.2) is 59.0 Å². The topological polar surface area (TPSA) is 169 Å². The molecule has 0 spiro atoms. The zero-order valence-electron chi connectivity index (χ0n) is 22.1. The molecule has 0 fully saturated rings. The molecule has 41 heavy (non-hydrogen) atoms. The molecular formula is C26H27ClFN9O4. The van der Waals surface area contributed by atoms with Crippen LogP contribution in [0.3, 0.4) is 0 Å². The fourth-order valence-corrected chi connectivity index (χ4v) is 3.66. The van der Waals surface area contributed by atoms with Crippen LogP contribution in [0.5, 0.6) is 0 Å². The summed E-state index contributed by atoms with van der Waals surface area (Å²) >= 11 is 5.93. The zero-order chi connectivity index (χ0) is 29.9. The number of hydrogen-bond donors (Lipinski definition) is 3. The minimum Gasteiger partial charge on any atom is -0.465 e. The number of methoxy groups -OCH3 is 1. The molecule has 0 aliphatic carbocycles. The van der Waals surface area contributed by atoms with Crippen molar-refractivity contribution in [2.45, 2.75) is 25.9 Å². The summed E-state index contributed by atoms with van der Waals surface area (Å²) in [6, 6.07) is 6.19. The molecule has 15 heteroatoms. The molecule has 0 saturated carbocycles. The molecule has 0 aliphatic heterocycles. The first-order chi connectivity index (χ1) is 19.7. The molecule has 0 aliphatic rings. The second-order valence-corrected chi connectivity index (χ2v) is 8.66. The van der Waals surface area contributed by atoms with Gasteiger partial charge in [-0.05, 0) is 43.3 Å². The van der Waals surface area contributed by atoms with Crippen LogP contribution in [0.4, 0.5) is 15.9 Å². The van der Waals surface area contributed by atoms with Gasteiger partial charge in [0.25, 0.3) is 0 Å². The van der Waals surface area contributed by atoms with E-state index in [0.717, 1.165) is 23.5 Å². The van der Waals surface area contributed by atoms with Gasteiger partial charge < -0.3 is 15.4 Å². The molecule has 214 valence electrons. The van der Waals surface area contributed by atoms with Gasteiger partial charge in [0, 0.05) is 43.7 Å². The standard InChI is InChI=1S/C26H27ClFN9O4/c1-4-36-12-11-17(35-36)13-20(25(39)34-22-9-5-16(14-31-22)26(40)41-3)33-23(38)10-6-18-21(37(29)15-32-30-2)8-7-19(27)24(18)28/h5-12,14-15,20H,2,4,13,29H2,1,3H3,(H,33,38)(H,31,34,39)/b10-6+,32-15-/t20-/m0/s1. The van der Waals surface area contributed by atoms with E-state index in [-0.39, 0.29) is 34.1 Å². The van der Waals surface area contributed by atoms with E-state index in [1.54, 1.807) is 16.9 Å². The third-order valence-electron chi connectivity index (χ3n) is 5.55. The van der Waals surface area contributed by atoms with Gasteiger partial charge in [-0.25, -0.2) is 20.0 Å². The van der Waals surface area contributed by atoms with Crippen molar-refractivity contribution >= 4 is 60.0 Å². The maximum absolute atomic E-state index is 14.9. The summed E-state index contributed by atoms with van der Waals surface area (Å²) < 4.78 is 21.2. The zero-order valence-corrected chi connectivity index (χ0v) is 22.9. The molecule has 1 aromatic carbocycles. The number of ether oxygens (including phenoxy) is 1. The number of hydrogen-bond acceptors (Lipinski definition) is 9. The molecule has 4 N–H and O–H groups in total. The van der Waals surface area contributed by atoms with Gasteiger partial charge in [0.1, 0.15) is 18.2 Å². The van der Waals surface area contributed by atoms with E-state index >= 15 is 0 Å². The summed E-state index contributed by atoms with van der Waals surface area (Å²) in [5.74, 6) is 3.30. The van der Waals surface area contributed by atoms with Gasteiger partial charge in [-0.2, -0.15) is 10.2 Å². The summed E-state index contributed by atoms with van der Waals surface area (Å²) in [6.07, 6.45) is 6.31. The Morgan fingerprint density at radius 1 is 1.29 bits per heavy atom. The number of aromatic nitrogens is 3. The summed E-state index contributed by atoms with van der Waals surface area (Å²) in [4.78, 5) is 41.8.